The molecule has 1 aliphatic heterocycles. The van der Waals surface area contributed by atoms with Crippen LogP contribution in [0.4, 0.5) is 0 Å². The number of H-pyrrole nitrogens is 1. The normalized spacial score (nSPS) is 13.5. The number of benzene rings is 1. The van der Waals surface area contributed by atoms with Crippen LogP contribution in [-0.2, 0) is 24.3 Å². The van der Waals surface area contributed by atoms with E-state index in [4.69, 9.17) is 4.74 Å². The number of hydrogen-bond donors (Lipinski definition) is 1. The van der Waals surface area contributed by atoms with Gasteiger partial charge in [-0.3, -0.25) is 9.89 Å². The third-order valence-corrected chi connectivity index (χ3v) is 4.66. The van der Waals surface area contributed by atoms with Crippen molar-refractivity contribution in [3.8, 4) is 5.69 Å². The van der Waals surface area contributed by atoms with Crippen LogP contribution in [0.3, 0.4) is 0 Å². The van der Waals surface area contributed by atoms with Crippen LogP contribution < -0.4 is 0 Å². The highest BCUT2D eigenvalue weighted by molar-refractivity contribution is 5.93. The van der Waals surface area contributed by atoms with Crippen LogP contribution in [-0.4, -0.2) is 44.4 Å². The molecule has 3 heterocycles. The number of hydrogen-bond acceptors (Lipinski definition) is 4. The average Bonchev–Trinajstić information content (AvgIpc) is 3.28. The number of fused-ring (bicyclic) bond motifs is 1. The Balaban J connectivity index is 1.50. The lowest BCUT2D eigenvalue weighted by atomic mass is 10.1. The molecule has 0 radical (unpaired) electrons. The number of carbonyl (C=O) groups excluding carboxylic acids is 1. The van der Waals surface area contributed by atoms with Gasteiger partial charge in [-0.2, -0.15) is 10.2 Å². The second-order valence-corrected chi connectivity index (χ2v) is 6.57. The van der Waals surface area contributed by atoms with Crippen molar-refractivity contribution in [3.05, 3.63) is 64.7 Å². The largest absolute Gasteiger partial charge is 0.376 e. The molecule has 0 saturated carbocycles. The molecule has 2 aromatic heterocycles. The topological polar surface area (TPSA) is 76.0 Å². The lowest BCUT2D eigenvalue weighted by Crippen LogP contribution is -2.27. The second kappa shape index (κ2) is 6.76. The summed E-state index contributed by atoms with van der Waals surface area (Å²) in [7, 11) is 1.78. The molecule has 0 bridgehead atoms. The fraction of sp³-hybridized carbons (Fsp3) is 0.316. The van der Waals surface area contributed by atoms with Crippen molar-refractivity contribution in [2.45, 2.75) is 26.5 Å². The smallest absolute Gasteiger partial charge is 0.274 e. The van der Waals surface area contributed by atoms with Gasteiger partial charge in [-0.25, -0.2) is 4.68 Å². The van der Waals surface area contributed by atoms with Crippen LogP contribution in [0.15, 0.2) is 36.7 Å². The minimum Gasteiger partial charge on any atom is -0.376 e. The standard InChI is InChI=1S/C19H21N5O2/c1-13-5-3-4-6-17(13)24-11-14(9-20-24)10-23(2)19(25)18-15-12-26-8-7-16(15)21-22-18/h3-6,9,11H,7-8,10,12H2,1-2H3,(H,21,22). The van der Waals surface area contributed by atoms with Gasteiger partial charge in [0.2, 0.25) is 0 Å². The van der Waals surface area contributed by atoms with Crippen LogP contribution in [0.1, 0.15) is 32.9 Å². The van der Waals surface area contributed by atoms with Crippen molar-refractivity contribution in [2.75, 3.05) is 13.7 Å². The van der Waals surface area contributed by atoms with Gasteiger partial charge in [-0.05, 0) is 18.6 Å². The molecule has 0 atom stereocenters. The number of aryl methyl sites for hydroxylation is 1. The summed E-state index contributed by atoms with van der Waals surface area (Å²) in [6.45, 7) is 3.62. The van der Waals surface area contributed by atoms with Crippen molar-refractivity contribution in [3.63, 3.8) is 0 Å². The molecule has 26 heavy (non-hydrogen) atoms. The van der Waals surface area contributed by atoms with E-state index in [1.165, 1.54) is 0 Å². The number of carbonyl (C=O) groups is 1. The van der Waals surface area contributed by atoms with Gasteiger partial charge >= 0.3 is 0 Å². The minimum atomic E-state index is -0.114. The number of nitrogens with zero attached hydrogens (tertiary/aromatic N) is 4. The first-order valence-electron chi connectivity index (χ1n) is 8.62. The molecule has 134 valence electrons. The van der Waals surface area contributed by atoms with Gasteiger partial charge in [0.25, 0.3) is 5.91 Å². The molecule has 0 fully saturated rings. The van der Waals surface area contributed by atoms with E-state index in [0.29, 0.717) is 25.5 Å². The fourth-order valence-electron chi connectivity index (χ4n) is 3.21. The number of amides is 1. The van der Waals surface area contributed by atoms with Crippen molar-refractivity contribution in [2.24, 2.45) is 0 Å². The Morgan fingerprint density at radius 2 is 2.23 bits per heavy atom. The van der Waals surface area contributed by atoms with Crippen molar-refractivity contribution >= 4 is 5.91 Å². The zero-order valence-corrected chi connectivity index (χ0v) is 14.9. The predicted molar refractivity (Wildman–Crippen MR) is 96.0 cm³/mol. The first-order chi connectivity index (χ1) is 12.6. The second-order valence-electron chi connectivity index (χ2n) is 6.57. The summed E-state index contributed by atoms with van der Waals surface area (Å²) in [6, 6.07) is 8.07. The fourth-order valence-corrected chi connectivity index (χ4v) is 3.21. The number of nitrogens with one attached hydrogen (secondary N) is 1. The molecule has 1 N–H and O–H groups in total. The van der Waals surface area contributed by atoms with Crippen molar-refractivity contribution in [1.29, 1.82) is 0 Å². The van der Waals surface area contributed by atoms with E-state index in [-0.39, 0.29) is 5.91 Å². The number of ether oxygens (including phenoxy) is 1. The molecular formula is C19H21N5O2. The van der Waals surface area contributed by atoms with E-state index in [1.807, 2.05) is 29.1 Å². The Morgan fingerprint density at radius 3 is 3.08 bits per heavy atom. The molecule has 3 aromatic rings. The maximum Gasteiger partial charge on any atom is 0.274 e. The maximum atomic E-state index is 12.8. The molecule has 7 heteroatoms. The van der Waals surface area contributed by atoms with Gasteiger partial charge in [-0.1, -0.05) is 18.2 Å². The van der Waals surface area contributed by atoms with Crippen LogP contribution in [0, 0.1) is 6.92 Å². The quantitative estimate of drug-likeness (QED) is 0.782. The van der Waals surface area contributed by atoms with Gasteiger partial charge in [0.1, 0.15) is 0 Å². The van der Waals surface area contributed by atoms with E-state index in [9.17, 15) is 4.79 Å². The van der Waals surface area contributed by atoms with Crippen molar-refractivity contribution in [1.82, 2.24) is 24.9 Å². The van der Waals surface area contributed by atoms with Gasteiger partial charge in [0.05, 0.1) is 25.1 Å². The summed E-state index contributed by atoms with van der Waals surface area (Å²) in [5, 5.41) is 11.6. The SMILES string of the molecule is Cc1ccccc1-n1cc(CN(C)C(=O)c2n[nH]c3c2COCC3)cn1. The average molecular weight is 351 g/mol. The number of aromatic nitrogens is 4. The molecular weight excluding hydrogens is 330 g/mol. The first kappa shape index (κ1) is 16.5. The summed E-state index contributed by atoms with van der Waals surface area (Å²) in [5.74, 6) is -0.114. The van der Waals surface area contributed by atoms with Gasteiger partial charge in [0.15, 0.2) is 5.69 Å². The molecule has 0 saturated heterocycles. The lowest BCUT2D eigenvalue weighted by Gasteiger charge is -2.17. The Morgan fingerprint density at radius 1 is 1.38 bits per heavy atom. The summed E-state index contributed by atoms with van der Waals surface area (Å²) in [4.78, 5) is 14.4. The van der Waals surface area contributed by atoms with E-state index in [0.717, 1.165) is 34.5 Å². The zero-order valence-electron chi connectivity index (χ0n) is 14.9. The van der Waals surface area contributed by atoms with Crippen LogP contribution in [0.5, 0.6) is 0 Å². The summed E-state index contributed by atoms with van der Waals surface area (Å²) in [5.41, 5.74) is 5.48. The first-order valence-corrected chi connectivity index (χ1v) is 8.62. The maximum absolute atomic E-state index is 12.8. The van der Waals surface area contributed by atoms with Crippen molar-refractivity contribution < 1.29 is 9.53 Å². The third kappa shape index (κ3) is 3.01. The minimum absolute atomic E-state index is 0.114. The Labute approximate surface area is 151 Å². The van der Waals surface area contributed by atoms with Crippen LogP contribution >= 0.6 is 0 Å². The highest BCUT2D eigenvalue weighted by Gasteiger charge is 2.24. The molecule has 1 aromatic carbocycles. The number of para-hydroxylation sites is 1. The molecule has 0 unspecified atom stereocenters. The van der Waals surface area contributed by atoms with E-state index >= 15 is 0 Å². The molecule has 0 aliphatic carbocycles. The Hall–Kier alpha value is -2.93. The zero-order chi connectivity index (χ0) is 18.1. The monoisotopic (exact) mass is 351 g/mol. The lowest BCUT2D eigenvalue weighted by molar-refractivity contribution is 0.0765. The molecule has 1 amide bonds. The van der Waals surface area contributed by atoms with Gasteiger partial charge in [0, 0.05) is 43.0 Å². The summed E-state index contributed by atoms with van der Waals surface area (Å²) < 4.78 is 7.30. The molecule has 7 nitrogen and oxygen atoms in total. The Bertz CT molecular complexity index is 943. The summed E-state index contributed by atoms with van der Waals surface area (Å²) in [6.07, 6.45) is 4.51. The highest BCUT2D eigenvalue weighted by atomic mass is 16.5. The van der Waals surface area contributed by atoms with Crippen LogP contribution in [0.25, 0.3) is 5.69 Å². The number of aromatic amines is 1. The third-order valence-electron chi connectivity index (χ3n) is 4.66. The summed E-state index contributed by atoms with van der Waals surface area (Å²) >= 11 is 0. The number of rotatable bonds is 4. The van der Waals surface area contributed by atoms with E-state index in [2.05, 4.69) is 28.3 Å². The molecule has 0 spiro atoms. The van der Waals surface area contributed by atoms with Gasteiger partial charge in [-0.15, -0.1) is 0 Å². The molecule has 4 rings (SSSR count). The van der Waals surface area contributed by atoms with Crippen LogP contribution in [0.2, 0.25) is 0 Å². The molecule has 1 aliphatic rings. The Kier molecular flexibility index (Phi) is 4.30. The highest BCUT2D eigenvalue weighted by Crippen LogP contribution is 2.20. The predicted octanol–water partition coefficient (Wildman–Crippen LogP) is 2.25. The van der Waals surface area contributed by atoms with E-state index < -0.39 is 0 Å². The van der Waals surface area contributed by atoms with Gasteiger partial charge < -0.3 is 9.64 Å². The van der Waals surface area contributed by atoms with E-state index in [1.54, 1.807) is 18.1 Å².